The molecule has 21 heavy (non-hydrogen) atoms. The third-order valence-corrected chi connectivity index (χ3v) is 3.77. The lowest BCUT2D eigenvalue weighted by atomic mass is 10.0. The van der Waals surface area contributed by atoms with E-state index in [1.54, 1.807) is 19.1 Å². The number of aliphatic carboxylic acids is 1. The van der Waals surface area contributed by atoms with E-state index in [1.807, 2.05) is 4.90 Å². The molecule has 4 nitrogen and oxygen atoms in total. The molecule has 116 valence electrons. The van der Waals surface area contributed by atoms with Crippen molar-refractivity contribution in [2.24, 2.45) is 5.92 Å². The molecule has 0 bridgehead atoms. The summed E-state index contributed by atoms with van der Waals surface area (Å²) in [6.07, 6.45) is -4.24. The number of halogens is 3. The number of alkyl halides is 3. The van der Waals surface area contributed by atoms with Gasteiger partial charge in [0.2, 0.25) is 0 Å². The highest BCUT2D eigenvalue weighted by Gasteiger charge is 2.36. The Morgan fingerprint density at radius 3 is 2.67 bits per heavy atom. The van der Waals surface area contributed by atoms with Crippen LogP contribution < -0.4 is 4.74 Å². The minimum atomic E-state index is -4.74. The number of carbonyl (C=O) groups is 1. The molecule has 1 saturated heterocycles. The number of likely N-dealkylation sites (tertiary alicyclic amines) is 1. The fraction of sp³-hybridized carbons (Fsp3) is 0.500. The van der Waals surface area contributed by atoms with E-state index in [0.29, 0.717) is 18.5 Å². The Morgan fingerprint density at radius 2 is 2.10 bits per heavy atom. The summed E-state index contributed by atoms with van der Waals surface area (Å²) in [6, 6.07) is 5.70. The van der Waals surface area contributed by atoms with Crippen LogP contribution in [0.15, 0.2) is 24.3 Å². The molecule has 2 rings (SSSR count). The lowest BCUT2D eigenvalue weighted by molar-refractivity contribution is -0.275. The predicted octanol–water partition coefficient (Wildman–Crippen LogP) is 2.88. The molecule has 2 unspecified atom stereocenters. The molecule has 0 radical (unpaired) electrons. The summed E-state index contributed by atoms with van der Waals surface area (Å²) in [5.74, 6) is -1.60. The summed E-state index contributed by atoms with van der Waals surface area (Å²) in [7, 11) is 0. The normalized spacial score (nSPS) is 23.2. The average Bonchev–Trinajstić information content (AvgIpc) is 2.72. The summed E-state index contributed by atoms with van der Waals surface area (Å²) < 4.78 is 41.1. The smallest absolute Gasteiger partial charge is 0.481 e. The summed E-state index contributed by atoms with van der Waals surface area (Å²) in [5, 5.41) is 9.07. The minimum Gasteiger partial charge on any atom is -0.481 e. The summed E-state index contributed by atoms with van der Waals surface area (Å²) in [6.45, 7) is 2.55. The van der Waals surface area contributed by atoms with Crippen LogP contribution in [0.5, 0.6) is 5.75 Å². The second-order valence-electron chi connectivity index (χ2n) is 5.10. The first-order valence-electron chi connectivity index (χ1n) is 6.58. The van der Waals surface area contributed by atoms with Gasteiger partial charge >= 0.3 is 12.3 Å². The first kappa shape index (κ1) is 15.6. The maximum atomic E-state index is 12.4. The van der Waals surface area contributed by atoms with Crippen LogP contribution in [-0.4, -0.2) is 34.9 Å². The Labute approximate surface area is 120 Å². The largest absolute Gasteiger partial charge is 0.573 e. The minimum absolute atomic E-state index is 0.221. The number of hydrogen-bond donors (Lipinski definition) is 1. The molecule has 0 saturated carbocycles. The molecule has 1 aromatic carbocycles. The molecule has 0 aliphatic carbocycles. The van der Waals surface area contributed by atoms with E-state index >= 15 is 0 Å². The third-order valence-electron chi connectivity index (χ3n) is 3.77. The zero-order valence-electron chi connectivity index (χ0n) is 11.4. The predicted molar refractivity (Wildman–Crippen MR) is 68.7 cm³/mol. The van der Waals surface area contributed by atoms with Crippen molar-refractivity contribution in [3.8, 4) is 5.75 Å². The molecule has 1 heterocycles. The van der Waals surface area contributed by atoms with Gasteiger partial charge < -0.3 is 9.84 Å². The average molecular weight is 303 g/mol. The molecule has 1 aliphatic heterocycles. The van der Waals surface area contributed by atoms with Crippen LogP contribution in [0.4, 0.5) is 13.2 Å². The number of hydrogen-bond acceptors (Lipinski definition) is 3. The van der Waals surface area contributed by atoms with Gasteiger partial charge in [-0.05, 0) is 26.0 Å². The Morgan fingerprint density at radius 1 is 1.43 bits per heavy atom. The lowest BCUT2D eigenvalue weighted by Crippen LogP contribution is -2.32. The Kier molecular flexibility index (Phi) is 4.41. The van der Waals surface area contributed by atoms with E-state index in [-0.39, 0.29) is 18.3 Å². The number of ether oxygens (including phenoxy) is 1. The van der Waals surface area contributed by atoms with Crippen LogP contribution in [0, 0.1) is 5.92 Å². The molecule has 2 atom stereocenters. The lowest BCUT2D eigenvalue weighted by Gasteiger charge is -2.24. The standard InChI is InChI=1S/C14H16F3NO3/c1-9-11(13(19)20)6-7-18(9)8-10-4-2-3-5-12(10)21-14(15,16)17/h2-5,9,11H,6-8H2,1H3,(H,19,20). The fourth-order valence-corrected chi connectivity index (χ4v) is 2.63. The van der Waals surface area contributed by atoms with E-state index < -0.39 is 18.2 Å². The van der Waals surface area contributed by atoms with Crippen LogP contribution in [0.2, 0.25) is 0 Å². The van der Waals surface area contributed by atoms with E-state index in [1.165, 1.54) is 12.1 Å². The quantitative estimate of drug-likeness (QED) is 0.929. The molecule has 0 spiro atoms. The van der Waals surface area contributed by atoms with Crippen molar-refractivity contribution in [3.63, 3.8) is 0 Å². The second kappa shape index (κ2) is 5.93. The van der Waals surface area contributed by atoms with Gasteiger partial charge in [0.1, 0.15) is 5.75 Å². The fourth-order valence-electron chi connectivity index (χ4n) is 2.63. The highest BCUT2D eigenvalue weighted by molar-refractivity contribution is 5.71. The number of rotatable bonds is 4. The molecule has 1 aromatic rings. The number of para-hydroxylation sites is 1. The molecule has 1 N–H and O–H groups in total. The van der Waals surface area contributed by atoms with Crippen molar-refractivity contribution >= 4 is 5.97 Å². The van der Waals surface area contributed by atoms with Crippen molar-refractivity contribution in [2.75, 3.05) is 6.54 Å². The van der Waals surface area contributed by atoms with Gasteiger partial charge in [-0.3, -0.25) is 9.69 Å². The number of carboxylic acids is 1. The summed E-state index contributed by atoms with van der Waals surface area (Å²) in [4.78, 5) is 12.9. The first-order chi connectivity index (χ1) is 9.78. The van der Waals surface area contributed by atoms with Gasteiger partial charge in [-0.1, -0.05) is 18.2 Å². The maximum Gasteiger partial charge on any atom is 0.573 e. The molecule has 0 aromatic heterocycles. The zero-order valence-corrected chi connectivity index (χ0v) is 11.4. The van der Waals surface area contributed by atoms with Gasteiger partial charge in [0, 0.05) is 18.2 Å². The number of benzene rings is 1. The molecular formula is C14H16F3NO3. The van der Waals surface area contributed by atoms with Crippen LogP contribution in [0.25, 0.3) is 0 Å². The summed E-state index contributed by atoms with van der Waals surface area (Å²) >= 11 is 0. The zero-order chi connectivity index (χ0) is 15.6. The third kappa shape index (κ3) is 3.87. The number of carboxylic acid groups (broad SMARTS) is 1. The van der Waals surface area contributed by atoms with Crippen LogP contribution in [0.3, 0.4) is 0 Å². The molecule has 0 amide bonds. The van der Waals surface area contributed by atoms with Gasteiger partial charge in [0.05, 0.1) is 5.92 Å². The Balaban J connectivity index is 2.12. The Bertz CT molecular complexity index is 518. The molecule has 1 aliphatic rings. The highest BCUT2D eigenvalue weighted by atomic mass is 19.4. The van der Waals surface area contributed by atoms with Crippen molar-refractivity contribution in [1.82, 2.24) is 4.90 Å². The highest BCUT2D eigenvalue weighted by Crippen LogP contribution is 2.31. The van der Waals surface area contributed by atoms with Crippen LogP contribution >= 0.6 is 0 Å². The molecule has 7 heteroatoms. The SMILES string of the molecule is CC1C(C(=O)O)CCN1Cc1ccccc1OC(F)(F)F. The van der Waals surface area contributed by atoms with Crippen molar-refractivity contribution < 1.29 is 27.8 Å². The number of nitrogens with zero attached hydrogens (tertiary/aromatic N) is 1. The van der Waals surface area contributed by atoms with Gasteiger partial charge in [-0.15, -0.1) is 13.2 Å². The van der Waals surface area contributed by atoms with Crippen LogP contribution in [-0.2, 0) is 11.3 Å². The maximum absolute atomic E-state index is 12.4. The summed E-state index contributed by atoms with van der Waals surface area (Å²) in [5.41, 5.74) is 0.396. The second-order valence-corrected chi connectivity index (χ2v) is 5.10. The molecular weight excluding hydrogens is 287 g/mol. The van der Waals surface area contributed by atoms with E-state index in [0.717, 1.165) is 0 Å². The van der Waals surface area contributed by atoms with Gasteiger partial charge in [0.15, 0.2) is 0 Å². The van der Waals surface area contributed by atoms with Crippen molar-refractivity contribution in [2.45, 2.75) is 32.3 Å². The Hall–Kier alpha value is -1.76. The van der Waals surface area contributed by atoms with E-state index in [2.05, 4.69) is 4.74 Å². The van der Waals surface area contributed by atoms with E-state index in [4.69, 9.17) is 5.11 Å². The molecule has 1 fully saturated rings. The topological polar surface area (TPSA) is 49.8 Å². The van der Waals surface area contributed by atoms with E-state index in [9.17, 15) is 18.0 Å². The van der Waals surface area contributed by atoms with Crippen LogP contribution in [0.1, 0.15) is 18.9 Å². The van der Waals surface area contributed by atoms with Gasteiger partial charge in [-0.2, -0.15) is 0 Å². The monoisotopic (exact) mass is 303 g/mol. The van der Waals surface area contributed by atoms with Crippen molar-refractivity contribution in [3.05, 3.63) is 29.8 Å². The first-order valence-corrected chi connectivity index (χ1v) is 6.58. The van der Waals surface area contributed by atoms with Crippen molar-refractivity contribution in [1.29, 1.82) is 0 Å². The van der Waals surface area contributed by atoms with Gasteiger partial charge in [-0.25, -0.2) is 0 Å². The van der Waals surface area contributed by atoms with Gasteiger partial charge in [0.25, 0.3) is 0 Å².